The van der Waals surface area contributed by atoms with E-state index < -0.39 is 6.17 Å². The first-order valence-corrected chi connectivity index (χ1v) is 8.68. The molecule has 2 saturated heterocycles. The Balaban J connectivity index is 1.75. The van der Waals surface area contributed by atoms with E-state index in [2.05, 4.69) is 29.5 Å². The van der Waals surface area contributed by atoms with Crippen molar-refractivity contribution in [2.75, 3.05) is 19.7 Å². The normalized spacial score (nSPS) is 29.0. The van der Waals surface area contributed by atoms with Gasteiger partial charge in [0.1, 0.15) is 6.17 Å². The summed E-state index contributed by atoms with van der Waals surface area (Å²) in [5.74, 6) is -0.0173. The Hall–Kier alpha value is -1.46. The average Bonchev–Trinajstić information content (AvgIpc) is 2.98. The van der Waals surface area contributed by atoms with Crippen LogP contribution in [0.1, 0.15) is 49.0 Å². The molecule has 3 unspecified atom stereocenters. The van der Waals surface area contributed by atoms with E-state index in [4.69, 9.17) is 4.74 Å². The monoisotopic (exact) mass is 317 g/mol. The molecule has 124 valence electrons. The second-order valence-electron chi connectivity index (χ2n) is 6.79. The van der Waals surface area contributed by atoms with Crippen molar-refractivity contribution in [3.8, 4) is 0 Å². The molecule has 5 heteroatoms. The fourth-order valence-electron chi connectivity index (χ4n) is 3.94. The number of rotatable bonds is 2. The Morgan fingerprint density at radius 3 is 3.00 bits per heavy atom. The SMILES string of the molecule is Cc1cc2cnn(C3CCCCO3)c2cc1C1CCNCC1F. The molecule has 2 aliphatic rings. The van der Waals surface area contributed by atoms with Crippen LogP contribution < -0.4 is 5.32 Å². The lowest BCUT2D eigenvalue weighted by Gasteiger charge is -2.29. The number of aryl methyl sites for hydroxylation is 1. The highest BCUT2D eigenvalue weighted by Gasteiger charge is 2.28. The zero-order valence-corrected chi connectivity index (χ0v) is 13.6. The number of nitrogens with zero attached hydrogens (tertiary/aromatic N) is 2. The maximum Gasteiger partial charge on any atom is 0.150 e. The maximum atomic E-state index is 14.4. The molecule has 0 radical (unpaired) electrons. The van der Waals surface area contributed by atoms with Crippen LogP contribution in [0.25, 0.3) is 10.9 Å². The molecule has 2 fully saturated rings. The lowest BCUT2D eigenvalue weighted by Crippen LogP contribution is -2.37. The summed E-state index contributed by atoms with van der Waals surface area (Å²) in [5, 5.41) is 8.80. The van der Waals surface area contributed by atoms with E-state index >= 15 is 0 Å². The van der Waals surface area contributed by atoms with Crippen LogP contribution in [0.15, 0.2) is 18.3 Å². The third-order valence-corrected chi connectivity index (χ3v) is 5.22. The number of halogens is 1. The van der Waals surface area contributed by atoms with Gasteiger partial charge in [0, 0.05) is 24.5 Å². The predicted molar refractivity (Wildman–Crippen MR) is 88.4 cm³/mol. The fourth-order valence-corrected chi connectivity index (χ4v) is 3.94. The summed E-state index contributed by atoms with van der Waals surface area (Å²) in [5.41, 5.74) is 3.36. The number of aromatic nitrogens is 2. The molecule has 0 saturated carbocycles. The summed E-state index contributed by atoms with van der Waals surface area (Å²) in [7, 11) is 0. The largest absolute Gasteiger partial charge is 0.356 e. The number of fused-ring (bicyclic) bond motifs is 1. The zero-order chi connectivity index (χ0) is 15.8. The first-order valence-electron chi connectivity index (χ1n) is 8.68. The Morgan fingerprint density at radius 2 is 2.22 bits per heavy atom. The summed E-state index contributed by atoms with van der Waals surface area (Å²) < 4.78 is 22.3. The highest BCUT2D eigenvalue weighted by atomic mass is 19.1. The van der Waals surface area contributed by atoms with Crippen LogP contribution in [0.5, 0.6) is 0 Å². The molecule has 3 heterocycles. The van der Waals surface area contributed by atoms with E-state index in [0.717, 1.165) is 54.4 Å². The predicted octanol–water partition coefficient (Wildman–Crippen LogP) is 3.46. The van der Waals surface area contributed by atoms with Crippen LogP contribution in [0.3, 0.4) is 0 Å². The van der Waals surface area contributed by atoms with Gasteiger partial charge < -0.3 is 10.1 Å². The minimum Gasteiger partial charge on any atom is -0.356 e. The van der Waals surface area contributed by atoms with Crippen molar-refractivity contribution in [1.29, 1.82) is 0 Å². The molecular weight excluding hydrogens is 293 g/mol. The summed E-state index contributed by atoms with van der Waals surface area (Å²) in [4.78, 5) is 0. The summed E-state index contributed by atoms with van der Waals surface area (Å²) in [6.07, 6.45) is 5.25. The van der Waals surface area contributed by atoms with E-state index in [9.17, 15) is 4.39 Å². The second kappa shape index (κ2) is 6.21. The van der Waals surface area contributed by atoms with Crippen molar-refractivity contribution in [1.82, 2.24) is 15.1 Å². The van der Waals surface area contributed by atoms with E-state index in [-0.39, 0.29) is 12.1 Å². The van der Waals surface area contributed by atoms with E-state index in [1.54, 1.807) is 0 Å². The second-order valence-corrected chi connectivity index (χ2v) is 6.79. The average molecular weight is 317 g/mol. The molecule has 4 rings (SSSR count). The molecule has 0 amide bonds. The van der Waals surface area contributed by atoms with Gasteiger partial charge >= 0.3 is 0 Å². The third kappa shape index (κ3) is 2.76. The molecular formula is C18H24FN3O. The lowest BCUT2D eigenvalue weighted by molar-refractivity contribution is -0.0366. The Bertz CT molecular complexity index is 693. The van der Waals surface area contributed by atoms with Gasteiger partial charge in [-0.05, 0) is 62.4 Å². The lowest BCUT2D eigenvalue weighted by atomic mass is 9.85. The number of piperidine rings is 1. The molecule has 4 nitrogen and oxygen atoms in total. The first-order chi connectivity index (χ1) is 11.2. The molecule has 3 atom stereocenters. The van der Waals surface area contributed by atoms with Crippen LogP contribution in [-0.2, 0) is 4.74 Å². The third-order valence-electron chi connectivity index (χ3n) is 5.22. The first kappa shape index (κ1) is 15.1. The maximum absolute atomic E-state index is 14.4. The van der Waals surface area contributed by atoms with Crippen LogP contribution in [0.4, 0.5) is 4.39 Å². The number of alkyl halides is 1. The van der Waals surface area contributed by atoms with Gasteiger partial charge in [-0.1, -0.05) is 0 Å². The van der Waals surface area contributed by atoms with E-state index in [1.807, 2.05) is 10.9 Å². The van der Waals surface area contributed by atoms with Gasteiger partial charge in [0.05, 0.1) is 11.7 Å². The molecule has 1 aromatic carbocycles. The topological polar surface area (TPSA) is 39.1 Å². The number of nitrogens with one attached hydrogen (secondary N) is 1. The van der Waals surface area contributed by atoms with Gasteiger partial charge in [0.2, 0.25) is 0 Å². The van der Waals surface area contributed by atoms with Crippen LogP contribution in [0.2, 0.25) is 0 Å². The summed E-state index contributed by atoms with van der Waals surface area (Å²) in [6, 6.07) is 4.30. The molecule has 2 aliphatic heterocycles. The Labute approximate surface area is 136 Å². The number of ether oxygens (including phenoxy) is 1. The number of hydrogen-bond acceptors (Lipinski definition) is 3. The van der Waals surface area contributed by atoms with E-state index in [1.165, 1.54) is 6.42 Å². The molecule has 0 aliphatic carbocycles. The molecule has 23 heavy (non-hydrogen) atoms. The molecule has 0 spiro atoms. The number of benzene rings is 1. The smallest absolute Gasteiger partial charge is 0.150 e. The van der Waals surface area contributed by atoms with Gasteiger partial charge in [0.25, 0.3) is 0 Å². The zero-order valence-electron chi connectivity index (χ0n) is 13.6. The number of hydrogen-bond donors (Lipinski definition) is 1. The van der Waals surface area contributed by atoms with Crippen molar-refractivity contribution < 1.29 is 9.13 Å². The van der Waals surface area contributed by atoms with Gasteiger partial charge in [-0.2, -0.15) is 5.10 Å². The van der Waals surface area contributed by atoms with Crippen molar-refractivity contribution >= 4 is 10.9 Å². The fraction of sp³-hybridized carbons (Fsp3) is 0.611. The van der Waals surface area contributed by atoms with Gasteiger partial charge in [0.15, 0.2) is 6.23 Å². The Kier molecular flexibility index (Phi) is 4.07. The van der Waals surface area contributed by atoms with Crippen LogP contribution in [0, 0.1) is 6.92 Å². The van der Waals surface area contributed by atoms with Gasteiger partial charge in [-0.25, -0.2) is 9.07 Å². The van der Waals surface area contributed by atoms with Crippen molar-refractivity contribution in [2.24, 2.45) is 0 Å². The van der Waals surface area contributed by atoms with Crippen molar-refractivity contribution in [3.05, 3.63) is 29.5 Å². The summed E-state index contributed by atoms with van der Waals surface area (Å²) in [6.45, 7) is 4.21. The highest BCUT2D eigenvalue weighted by molar-refractivity contribution is 5.80. The van der Waals surface area contributed by atoms with Crippen molar-refractivity contribution in [3.63, 3.8) is 0 Å². The highest BCUT2D eigenvalue weighted by Crippen LogP contribution is 2.34. The van der Waals surface area contributed by atoms with Crippen LogP contribution >= 0.6 is 0 Å². The standard InChI is InChI=1S/C18H24FN3O/c1-12-8-13-10-21-22(18-4-2-3-7-23-18)17(13)9-15(12)14-5-6-20-11-16(14)19/h8-10,14,16,18,20H,2-7,11H2,1H3. The van der Waals surface area contributed by atoms with Gasteiger partial charge in [-0.3, -0.25) is 0 Å². The summed E-state index contributed by atoms with van der Waals surface area (Å²) >= 11 is 0. The van der Waals surface area contributed by atoms with E-state index in [0.29, 0.717) is 6.54 Å². The van der Waals surface area contributed by atoms with Crippen molar-refractivity contribution in [2.45, 2.75) is 50.9 Å². The van der Waals surface area contributed by atoms with Gasteiger partial charge in [-0.15, -0.1) is 0 Å². The Morgan fingerprint density at radius 1 is 1.30 bits per heavy atom. The quantitative estimate of drug-likeness (QED) is 0.922. The van der Waals surface area contributed by atoms with Crippen LogP contribution in [-0.4, -0.2) is 35.6 Å². The minimum atomic E-state index is -0.817. The molecule has 1 aromatic heterocycles. The molecule has 1 N–H and O–H groups in total. The molecule has 0 bridgehead atoms. The minimum absolute atomic E-state index is 0.0173. The molecule has 2 aromatic rings.